The Balaban J connectivity index is 3.21. The van der Waals surface area contributed by atoms with E-state index in [1.54, 1.807) is 7.11 Å². The van der Waals surface area contributed by atoms with Crippen LogP contribution < -0.4 is 10.1 Å². The van der Waals surface area contributed by atoms with E-state index in [9.17, 15) is 0 Å². The maximum absolute atomic E-state index is 5.59. The van der Waals surface area contributed by atoms with E-state index in [0.717, 1.165) is 31.8 Å². The number of benzene rings is 1. The zero-order chi connectivity index (χ0) is 15.9. The summed E-state index contributed by atoms with van der Waals surface area (Å²) in [5.74, 6) is 0.964. The van der Waals surface area contributed by atoms with Crippen LogP contribution in [0.15, 0.2) is 24.3 Å². The zero-order valence-electron chi connectivity index (χ0n) is 14.6. The highest BCUT2D eigenvalue weighted by Gasteiger charge is 2.36. The van der Waals surface area contributed by atoms with Gasteiger partial charge in [-0.05, 0) is 46.0 Å². The standard InChI is InChI=1S/C18H32N2O/c1-7-14-19-17(18(4,5)20(8-2)9-3)15-12-10-11-13-16(15)21-6/h10-13,17,19H,7-9,14H2,1-6H3. The second kappa shape index (κ2) is 8.40. The molecule has 1 atom stereocenters. The quantitative estimate of drug-likeness (QED) is 0.748. The molecule has 1 unspecified atom stereocenters. The van der Waals surface area contributed by atoms with Gasteiger partial charge in [0.05, 0.1) is 13.2 Å². The Hall–Kier alpha value is -1.06. The van der Waals surface area contributed by atoms with Crippen molar-refractivity contribution in [3.05, 3.63) is 29.8 Å². The number of likely N-dealkylation sites (N-methyl/N-ethyl adjacent to an activating group) is 1. The number of rotatable bonds is 9. The lowest BCUT2D eigenvalue weighted by atomic mass is 9.86. The first-order valence-corrected chi connectivity index (χ1v) is 8.14. The third-order valence-electron chi connectivity index (χ3n) is 4.33. The number of methoxy groups -OCH3 is 1. The molecule has 21 heavy (non-hydrogen) atoms. The van der Waals surface area contributed by atoms with E-state index >= 15 is 0 Å². The number of ether oxygens (including phenoxy) is 1. The number of hydrogen-bond donors (Lipinski definition) is 1. The SMILES string of the molecule is CCCNC(c1ccccc1OC)C(C)(C)N(CC)CC. The second-order valence-corrected chi connectivity index (χ2v) is 5.96. The lowest BCUT2D eigenvalue weighted by Crippen LogP contribution is -2.52. The molecule has 1 aromatic carbocycles. The molecule has 1 N–H and O–H groups in total. The van der Waals surface area contributed by atoms with Crippen molar-refractivity contribution in [3.8, 4) is 5.75 Å². The van der Waals surface area contributed by atoms with Crippen LogP contribution in [0.2, 0.25) is 0 Å². The van der Waals surface area contributed by atoms with Crippen molar-refractivity contribution in [2.24, 2.45) is 0 Å². The minimum absolute atomic E-state index is 0.0211. The first-order chi connectivity index (χ1) is 10.0. The Morgan fingerprint density at radius 3 is 2.29 bits per heavy atom. The average Bonchev–Trinajstić information content (AvgIpc) is 2.48. The molecule has 0 radical (unpaired) electrons. The molecule has 0 spiro atoms. The zero-order valence-corrected chi connectivity index (χ0v) is 14.6. The third kappa shape index (κ3) is 4.21. The molecule has 1 rings (SSSR count). The Labute approximate surface area is 130 Å². The van der Waals surface area contributed by atoms with E-state index in [2.05, 4.69) is 57.0 Å². The predicted molar refractivity (Wildman–Crippen MR) is 91.0 cm³/mol. The molecule has 0 fully saturated rings. The molecule has 3 heteroatoms. The largest absolute Gasteiger partial charge is 0.496 e. The van der Waals surface area contributed by atoms with Crippen molar-refractivity contribution in [1.29, 1.82) is 0 Å². The normalized spacial score (nSPS) is 13.5. The highest BCUT2D eigenvalue weighted by Crippen LogP contribution is 2.35. The number of hydrogen-bond acceptors (Lipinski definition) is 3. The van der Waals surface area contributed by atoms with Gasteiger partial charge in [-0.1, -0.05) is 39.0 Å². The molecule has 0 amide bonds. The summed E-state index contributed by atoms with van der Waals surface area (Å²) in [5.41, 5.74) is 1.26. The predicted octanol–water partition coefficient (Wildman–Crippen LogP) is 3.86. The molecule has 0 aliphatic rings. The molecule has 1 aromatic rings. The van der Waals surface area contributed by atoms with Crippen LogP contribution in [0.5, 0.6) is 5.75 Å². The van der Waals surface area contributed by atoms with Gasteiger partial charge in [-0.3, -0.25) is 4.90 Å². The monoisotopic (exact) mass is 292 g/mol. The minimum atomic E-state index is 0.0211. The van der Waals surface area contributed by atoms with Gasteiger partial charge < -0.3 is 10.1 Å². The van der Waals surface area contributed by atoms with Crippen LogP contribution in [0.1, 0.15) is 52.6 Å². The number of nitrogens with zero attached hydrogens (tertiary/aromatic N) is 1. The molecular weight excluding hydrogens is 260 g/mol. The average molecular weight is 292 g/mol. The van der Waals surface area contributed by atoms with Gasteiger partial charge in [0.15, 0.2) is 0 Å². The summed E-state index contributed by atoms with van der Waals surface area (Å²) in [7, 11) is 1.75. The van der Waals surface area contributed by atoms with Crippen LogP contribution in [0.4, 0.5) is 0 Å². The number of nitrogens with one attached hydrogen (secondary N) is 1. The van der Waals surface area contributed by atoms with E-state index in [4.69, 9.17) is 4.74 Å². The first-order valence-electron chi connectivity index (χ1n) is 8.14. The fourth-order valence-corrected chi connectivity index (χ4v) is 3.16. The van der Waals surface area contributed by atoms with Crippen LogP contribution in [-0.4, -0.2) is 37.2 Å². The molecule has 0 saturated carbocycles. The van der Waals surface area contributed by atoms with E-state index in [-0.39, 0.29) is 11.6 Å². The molecule has 3 nitrogen and oxygen atoms in total. The fourth-order valence-electron chi connectivity index (χ4n) is 3.16. The van der Waals surface area contributed by atoms with Gasteiger partial charge in [-0.25, -0.2) is 0 Å². The Kier molecular flexibility index (Phi) is 7.20. The molecule has 120 valence electrons. The maximum atomic E-state index is 5.59. The van der Waals surface area contributed by atoms with E-state index in [0.29, 0.717) is 0 Å². The third-order valence-corrected chi connectivity index (χ3v) is 4.33. The first kappa shape index (κ1) is 18.0. The summed E-state index contributed by atoms with van der Waals surface area (Å²) in [6.45, 7) is 14.4. The molecular formula is C18H32N2O. The summed E-state index contributed by atoms with van der Waals surface area (Å²) in [5, 5.41) is 3.73. The van der Waals surface area contributed by atoms with Crippen molar-refractivity contribution in [2.75, 3.05) is 26.7 Å². The summed E-state index contributed by atoms with van der Waals surface area (Å²) < 4.78 is 5.59. The van der Waals surface area contributed by atoms with Gasteiger partial charge in [0.1, 0.15) is 5.75 Å². The van der Waals surface area contributed by atoms with Crippen molar-refractivity contribution < 1.29 is 4.74 Å². The van der Waals surface area contributed by atoms with E-state index in [1.165, 1.54) is 5.56 Å². The van der Waals surface area contributed by atoms with Gasteiger partial charge in [0, 0.05) is 11.1 Å². The summed E-state index contributed by atoms with van der Waals surface area (Å²) in [6.07, 6.45) is 1.12. The Morgan fingerprint density at radius 2 is 1.76 bits per heavy atom. The molecule has 0 aromatic heterocycles. The molecule has 0 saturated heterocycles. The molecule has 0 aliphatic heterocycles. The van der Waals surface area contributed by atoms with Gasteiger partial charge in [-0.2, -0.15) is 0 Å². The van der Waals surface area contributed by atoms with Crippen molar-refractivity contribution in [1.82, 2.24) is 10.2 Å². The van der Waals surface area contributed by atoms with Crippen LogP contribution in [0.25, 0.3) is 0 Å². The fraction of sp³-hybridized carbons (Fsp3) is 0.667. The van der Waals surface area contributed by atoms with E-state index < -0.39 is 0 Å². The molecule has 0 heterocycles. The maximum Gasteiger partial charge on any atom is 0.123 e. The number of para-hydroxylation sites is 1. The summed E-state index contributed by atoms with van der Waals surface area (Å²) in [4.78, 5) is 2.51. The lowest BCUT2D eigenvalue weighted by molar-refractivity contribution is 0.0900. The van der Waals surface area contributed by atoms with Crippen LogP contribution in [0.3, 0.4) is 0 Å². The minimum Gasteiger partial charge on any atom is -0.496 e. The second-order valence-electron chi connectivity index (χ2n) is 5.96. The van der Waals surface area contributed by atoms with Gasteiger partial charge >= 0.3 is 0 Å². The summed E-state index contributed by atoms with van der Waals surface area (Å²) in [6, 6.07) is 8.60. The van der Waals surface area contributed by atoms with Gasteiger partial charge in [0.25, 0.3) is 0 Å². The van der Waals surface area contributed by atoms with Crippen LogP contribution in [0, 0.1) is 0 Å². The Bertz CT molecular complexity index is 413. The Morgan fingerprint density at radius 1 is 1.14 bits per heavy atom. The van der Waals surface area contributed by atoms with Crippen molar-refractivity contribution >= 4 is 0 Å². The molecule has 0 bridgehead atoms. The van der Waals surface area contributed by atoms with Crippen LogP contribution >= 0.6 is 0 Å². The highest BCUT2D eigenvalue weighted by atomic mass is 16.5. The van der Waals surface area contributed by atoms with Crippen molar-refractivity contribution in [3.63, 3.8) is 0 Å². The lowest BCUT2D eigenvalue weighted by Gasteiger charge is -2.44. The van der Waals surface area contributed by atoms with E-state index in [1.807, 2.05) is 12.1 Å². The van der Waals surface area contributed by atoms with Crippen molar-refractivity contribution in [2.45, 2.75) is 52.6 Å². The highest BCUT2D eigenvalue weighted by molar-refractivity contribution is 5.37. The van der Waals surface area contributed by atoms with Gasteiger partial charge in [-0.15, -0.1) is 0 Å². The molecule has 0 aliphatic carbocycles. The topological polar surface area (TPSA) is 24.5 Å². The summed E-state index contributed by atoms with van der Waals surface area (Å²) >= 11 is 0. The van der Waals surface area contributed by atoms with Crippen LogP contribution in [-0.2, 0) is 0 Å². The van der Waals surface area contributed by atoms with Gasteiger partial charge in [0.2, 0.25) is 0 Å². The smallest absolute Gasteiger partial charge is 0.123 e.